The molecule has 4 nitrogen and oxygen atoms in total. The van der Waals surface area contributed by atoms with Crippen molar-refractivity contribution in [3.63, 3.8) is 0 Å². The van der Waals surface area contributed by atoms with Crippen molar-refractivity contribution >= 4 is 57.5 Å². The first-order chi connectivity index (χ1) is 19.9. The van der Waals surface area contributed by atoms with Gasteiger partial charge in [-0.15, -0.1) is 0 Å². The lowest BCUT2D eigenvalue weighted by molar-refractivity contribution is 0.557. The molecule has 0 heterocycles. The van der Waals surface area contributed by atoms with E-state index in [1.54, 1.807) is 9.80 Å². The highest BCUT2D eigenvalue weighted by molar-refractivity contribution is 7.80. The highest BCUT2D eigenvalue weighted by Gasteiger charge is 2.24. The molecule has 0 amide bonds. The van der Waals surface area contributed by atoms with Crippen LogP contribution in [0.3, 0.4) is 0 Å². The van der Waals surface area contributed by atoms with Crippen LogP contribution in [-0.2, 0) is 32.1 Å². The molecule has 0 aliphatic heterocycles. The van der Waals surface area contributed by atoms with Crippen LogP contribution in [-0.4, -0.2) is 20.6 Å². The summed E-state index contributed by atoms with van der Waals surface area (Å²) >= 11 is 10.9. The number of hydrogen-bond acceptors (Lipinski definition) is 2. The maximum absolute atomic E-state index is 10.9. The van der Waals surface area contributed by atoms with Crippen LogP contribution in [0, 0.1) is 0 Å². The van der Waals surface area contributed by atoms with Gasteiger partial charge < -0.3 is 10.2 Å². The zero-order chi connectivity index (χ0) is 29.5. The van der Waals surface area contributed by atoms with E-state index in [4.69, 9.17) is 24.4 Å². The molecule has 0 unspecified atom stereocenters. The van der Waals surface area contributed by atoms with Gasteiger partial charge in [0.25, 0.3) is 10.3 Å². The number of rotatable bonds is 10. The molecule has 212 valence electrons. The van der Waals surface area contributed by atoms with Crippen LogP contribution in [0.5, 0.6) is 0 Å². The molecular weight excluding hydrogens is 545 g/mol. The SMILES string of the molecule is CCc1cccc(N(C(O)=S)c2ccccc2Cc2ccccc2N(C(O)=S)c2cccc(CC)c2CC)c1CC. The van der Waals surface area contributed by atoms with Crippen LogP contribution in [0.25, 0.3) is 0 Å². The summed E-state index contributed by atoms with van der Waals surface area (Å²) in [5.41, 5.74) is 10.2. The predicted octanol–water partition coefficient (Wildman–Crippen LogP) is 9.49. The van der Waals surface area contributed by atoms with Gasteiger partial charge in [0.2, 0.25) is 0 Å². The molecule has 0 aliphatic rings. The first-order valence-electron chi connectivity index (χ1n) is 14.3. The third-order valence-electron chi connectivity index (χ3n) is 7.68. The molecule has 4 aromatic rings. The molecule has 6 heteroatoms. The third-order valence-corrected chi connectivity index (χ3v) is 8.04. The minimum atomic E-state index is -0.198. The summed E-state index contributed by atoms with van der Waals surface area (Å²) in [5.74, 6) is 0. The minimum Gasteiger partial charge on any atom is -0.486 e. The van der Waals surface area contributed by atoms with Crippen molar-refractivity contribution in [2.24, 2.45) is 0 Å². The van der Waals surface area contributed by atoms with Crippen molar-refractivity contribution in [2.45, 2.75) is 59.8 Å². The van der Waals surface area contributed by atoms with Crippen molar-refractivity contribution in [1.29, 1.82) is 0 Å². The summed E-state index contributed by atoms with van der Waals surface area (Å²) in [6.07, 6.45) is 3.97. The zero-order valence-electron chi connectivity index (χ0n) is 24.2. The molecule has 0 saturated heterocycles. The average molecular weight is 583 g/mol. The molecule has 0 aromatic heterocycles. The molecule has 0 bridgehead atoms. The number of aliphatic hydroxyl groups is 2. The zero-order valence-corrected chi connectivity index (χ0v) is 25.9. The number of aryl methyl sites for hydroxylation is 2. The van der Waals surface area contributed by atoms with Crippen LogP contribution < -0.4 is 9.80 Å². The quantitative estimate of drug-likeness (QED) is 0.182. The molecule has 4 aromatic carbocycles. The molecular formula is C35H38N2O2S2. The predicted molar refractivity (Wildman–Crippen MR) is 181 cm³/mol. The van der Waals surface area contributed by atoms with Gasteiger partial charge in [-0.2, -0.15) is 0 Å². The Morgan fingerprint density at radius 3 is 1.17 bits per heavy atom. The van der Waals surface area contributed by atoms with Crippen LogP contribution in [0.1, 0.15) is 61.1 Å². The lowest BCUT2D eigenvalue weighted by Crippen LogP contribution is -2.27. The average Bonchev–Trinajstić information content (AvgIpc) is 2.98. The van der Waals surface area contributed by atoms with Crippen molar-refractivity contribution in [3.8, 4) is 0 Å². The van der Waals surface area contributed by atoms with E-state index in [2.05, 4.69) is 52.0 Å². The van der Waals surface area contributed by atoms with Crippen LogP contribution in [0.15, 0.2) is 84.9 Å². The van der Waals surface area contributed by atoms with E-state index in [-0.39, 0.29) is 10.3 Å². The van der Waals surface area contributed by atoms with Crippen molar-refractivity contribution in [1.82, 2.24) is 0 Å². The van der Waals surface area contributed by atoms with Crippen molar-refractivity contribution in [2.75, 3.05) is 9.80 Å². The van der Waals surface area contributed by atoms with E-state index >= 15 is 0 Å². The Balaban J connectivity index is 1.85. The fourth-order valence-electron chi connectivity index (χ4n) is 5.77. The summed E-state index contributed by atoms with van der Waals surface area (Å²) < 4.78 is 0. The second-order valence-electron chi connectivity index (χ2n) is 9.91. The number of benzene rings is 4. The summed E-state index contributed by atoms with van der Waals surface area (Å²) in [5, 5.41) is 21.3. The molecule has 0 saturated carbocycles. The Hall–Kier alpha value is -3.74. The van der Waals surface area contributed by atoms with Gasteiger partial charge in [0.15, 0.2) is 0 Å². The van der Waals surface area contributed by atoms with E-state index in [1.165, 1.54) is 22.3 Å². The summed E-state index contributed by atoms with van der Waals surface area (Å²) in [6.45, 7) is 8.54. The lowest BCUT2D eigenvalue weighted by atomic mass is 9.97. The standard InChI is InChI=1S/C35H38N2O2S2/c1-5-24-17-13-21-32(28(24)7-3)36(34(38)40)30-19-11-9-15-26(30)23-27-16-10-12-20-31(27)37(35(39)41)33-22-14-18-25(6-2)29(33)8-4/h9-22H,5-8,23H2,1-4H3,(H,38,40)(H,39,41). The van der Waals surface area contributed by atoms with E-state index in [9.17, 15) is 10.2 Å². The molecule has 0 fully saturated rings. The minimum absolute atomic E-state index is 0.198. The number of aliphatic hydroxyl groups excluding tert-OH is 2. The van der Waals surface area contributed by atoms with Gasteiger partial charge in [0.05, 0.1) is 22.7 Å². The van der Waals surface area contributed by atoms with Crippen molar-refractivity contribution < 1.29 is 10.2 Å². The highest BCUT2D eigenvalue weighted by Crippen LogP contribution is 2.38. The maximum Gasteiger partial charge on any atom is 0.266 e. The maximum atomic E-state index is 10.9. The Kier molecular flexibility index (Phi) is 10.1. The molecule has 0 aliphatic carbocycles. The summed E-state index contributed by atoms with van der Waals surface area (Å²) in [4.78, 5) is 3.55. The van der Waals surface area contributed by atoms with E-state index in [0.29, 0.717) is 6.42 Å². The molecule has 41 heavy (non-hydrogen) atoms. The summed E-state index contributed by atoms with van der Waals surface area (Å²) in [6, 6.07) is 28.4. The van der Waals surface area contributed by atoms with Gasteiger partial charge in [-0.25, -0.2) is 0 Å². The van der Waals surface area contributed by atoms with Crippen LogP contribution in [0.2, 0.25) is 0 Å². The number of nitrogens with zero attached hydrogens (tertiary/aromatic N) is 2. The first-order valence-corrected chi connectivity index (χ1v) is 15.1. The van der Waals surface area contributed by atoms with Gasteiger partial charge in [-0.05, 0) is 108 Å². The second kappa shape index (κ2) is 13.7. The fraction of sp³-hybridized carbons (Fsp3) is 0.257. The Morgan fingerprint density at radius 1 is 0.488 bits per heavy atom. The van der Waals surface area contributed by atoms with Crippen LogP contribution >= 0.6 is 24.4 Å². The fourth-order valence-corrected chi connectivity index (χ4v) is 6.17. The van der Waals surface area contributed by atoms with Gasteiger partial charge in [-0.1, -0.05) is 88.4 Å². The molecule has 0 radical (unpaired) electrons. The highest BCUT2D eigenvalue weighted by atomic mass is 32.1. The first kappa shape index (κ1) is 30.2. The number of para-hydroxylation sites is 2. The van der Waals surface area contributed by atoms with E-state index in [0.717, 1.165) is 59.6 Å². The molecule has 4 rings (SSSR count). The van der Waals surface area contributed by atoms with Crippen molar-refractivity contribution in [3.05, 3.63) is 118 Å². The molecule has 0 spiro atoms. The third kappa shape index (κ3) is 6.29. The van der Waals surface area contributed by atoms with Gasteiger partial charge in [0, 0.05) is 6.42 Å². The van der Waals surface area contributed by atoms with Gasteiger partial charge in [-0.3, -0.25) is 9.80 Å². The summed E-state index contributed by atoms with van der Waals surface area (Å²) in [7, 11) is 0. The van der Waals surface area contributed by atoms with E-state index < -0.39 is 0 Å². The van der Waals surface area contributed by atoms with E-state index in [1.807, 2.05) is 60.7 Å². The van der Waals surface area contributed by atoms with Crippen LogP contribution in [0.4, 0.5) is 22.7 Å². The van der Waals surface area contributed by atoms with Gasteiger partial charge >= 0.3 is 0 Å². The smallest absolute Gasteiger partial charge is 0.266 e. The Morgan fingerprint density at radius 2 is 0.829 bits per heavy atom. The Bertz CT molecular complexity index is 1430. The topological polar surface area (TPSA) is 46.9 Å². The monoisotopic (exact) mass is 582 g/mol. The normalized spacial score (nSPS) is 10.8. The molecule has 0 atom stereocenters. The van der Waals surface area contributed by atoms with Gasteiger partial charge in [0.1, 0.15) is 0 Å². The number of thiocarbonyl (C=S) groups is 2. The second-order valence-corrected chi connectivity index (χ2v) is 10.6. The number of hydrogen-bond donors (Lipinski definition) is 2. The number of anilines is 4. The lowest BCUT2D eigenvalue weighted by Gasteiger charge is -2.29. The Labute approximate surface area is 254 Å². The molecule has 2 N–H and O–H groups in total. The largest absolute Gasteiger partial charge is 0.486 e.